The molecule has 0 unspecified atom stereocenters. The molecule has 0 nitrogen and oxygen atoms in total. The van der Waals surface area contributed by atoms with Crippen molar-refractivity contribution in [2.24, 2.45) is 0 Å². The van der Waals surface area contributed by atoms with Crippen molar-refractivity contribution in [3.8, 4) is 11.1 Å². The van der Waals surface area contributed by atoms with E-state index in [1.54, 1.807) is 0 Å². The lowest BCUT2D eigenvalue weighted by atomic mass is 9.68. The number of fused-ring (bicyclic) bond motifs is 2. The maximum absolute atomic E-state index is 3.37. The Kier molecular flexibility index (Phi) is 1.98. The van der Waals surface area contributed by atoms with Gasteiger partial charge in [0.2, 0.25) is 0 Å². The molecule has 0 saturated heterocycles. The Hall–Kier alpha value is -2.08. The highest BCUT2D eigenvalue weighted by molar-refractivity contribution is 6.02. The van der Waals surface area contributed by atoms with Gasteiger partial charge in [0.1, 0.15) is 0 Å². The summed E-state index contributed by atoms with van der Waals surface area (Å²) in [7, 11) is 0. The molecule has 0 spiro atoms. The van der Waals surface area contributed by atoms with E-state index in [0.717, 1.165) is 0 Å². The molecule has 0 atom stereocenters. The zero-order valence-electron chi connectivity index (χ0n) is 11.2. The topological polar surface area (TPSA) is 0 Å². The number of hydrogen-bond acceptors (Lipinski definition) is 0. The Labute approximate surface area is 113 Å². The zero-order valence-corrected chi connectivity index (χ0v) is 11.2. The van der Waals surface area contributed by atoms with Crippen LogP contribution in [0, 0.1) is 6.07 Å². The molecule has 0 fully saturated rings. The van der Waals surface area contributed by atoms with Crippen molar-refractivity contribution in [2.45, 2.75) is 19.3 Å². The quantitative estimate of drug-likeness (QED) is 0.524. The van der Waals surface area contributed by atoms with E-state index < -0.39 is 0 Å². The van der Waals surface area contributed by atoms with Gasteiger partial charge in [-0.1, -0.05) is 68.4 Å². The first-order valence-corrected chi connectivity index (χ1v) is 6.73. The summed E-state index contributed by atoms with van der Waals surface area (Å²) in [4.78, 5) is 0. The Balaban J connectivity index is 2.28. The molecule has 0 saturated carbocycles. The first-order valence-electron chi connectivity index (χ1n) is 6.73. The molecule has 91 valence electrons. The third-order valence-electron chi connectivity index (χ3n) is 4.39. The number of benzene rings is 3. The molecule has 0 N–H and O–H groups in total. The molecule has 0 aromatic heterocycles. The highest BCUT2D eigenvalue weighted by atomic mass is 14.3. The number of rotatable bonds is 0. The van der Waals surface area contributed by atoms with Crippen molar-refractivity contribution in [3.63, 3.8) is 0 Å². The minimum Gasteiger partial charge on any atom is -0.0619 e. The van der Waals surface area contributed by atoms with E-state index >= 15 is 0 Å². The summed E-state index contributed by atoms with van der Waals surface area (Å²) in [6, 6.07) is 22.9. The predicted molar refractivity (Wildman–Crippen MR) is 80.3 cm³/mol. The second kappa shape index (κ2) is 3.48. The molecule has 4 rings (SSSR count). The van der Waals surface area contributed by atoms with Crippen molar-refractivity contribution < 1.29 is 0 Å². The van der Waals surface area contributed by atoms with Crippen LogP contribution in [0.3, 0.4) is 0 Å². The summed E-state index contributed by atoms with van der Waals surface area (Å²) in [5.74, 6) is 0. The molecule has 3 aromatic rings. The van der Waals surface area contributed by atoms with Crippen LogP contribution in [0.25, 0.3) is 21.9 Å². The van der Waals surface area contributed by atoms with Gasteiger partial charge in [0.05, 0.1) is 0 Å². The first-order chi connectivity index (χ1) is 9.19. The van der Waals surface area contributed by atoms with Gasteiger partial charge in [-0.3, -0.25) is 0 Å². The fraction of sp³-hybridized carbons (Fsp3) is 0.158. The molecule has 19 heavy (non-hydrogen) atoms. The van der Waals surface area contributed by atoms with Crippen LogP contribution < -0.4 is 0 Å². The molecule has 0 heterocycles. The minimum absolute atomic E-state index is 0.0539. The Morgan fingerprint density at radius 2 is 1.58 bits per heavy atom. The molecule has 3 aromatic carbocycles. The number of hydrogen-bond donors (Lipinski definition) is 0. The van der Waals surface area contributed by atoms with Crippen molar-refractivity contribution in [1.29, 1.82) is 0 Å². The average molecular weight is 243 g/mol. The lowest BCUT2D eigenvalue weighted by Gasteiger charge is -2.34. The van der Waals surface area contributed by atoms with Crippen molar-refractivity contribution >= 4 is 10.8 Å². The van der Waals surface area contributed by atoms with Crippen LogP contribution in [0.15, 0.2) is 54.6 Å². The molecule has 0 bridgehead atoms. The maximum Gasteiger partial charge on any atom is 0.0159 e. The maximum atomic E-state index is 3.37. The van der Waals surface area contributed by atoms with Crippen LogP contribution in [0.4, 0.5) is 0 Å². The van der Waals surface area contributed by atoms with E-state index in [9.17, 15) is 0 Å². The second-order valence-electron chi connectivity index (χ2n) is 5.79. The second-order valence-corrected chi connectivity index (χ2v) is 5.79. The highest BCUT2D eigenvalue weighted by Gasteiger charge is 2.32. The van der Waals surface area contributed by atoms with Crippen molar-refractivity contribution in [2.75, 3.05) is 0 Å². The van der Waals surface area contributed by atoms with E-state index in [1.807, 2.05) is 6.07 Å². The SMILES string of the molecule is CC1(C)c2ccccc2-c2cc[c]c3cccc1c23. The summed E-state index contributed by atoms with van der Waals surface area (Å²) < 4.78 is 0. The normalized spacial score (nSPS) is 15.3. The van der Waals surface area contributed by atoms with Crippen LogP contribution >= 0.6 is 0 Å². The van der Waals surface area contributed by atoms with Crippen molar-refractivity contribution in [1.82, 2.24) is 0 Å². The molecule has 1 radical (unpaired) electrons. The molecular formula is C19H15. The summed E-state index contributed by atoms with van der Waals surface area (Å²) in [5.41, 5.74) is 5.60. The molecule has 1 aliphatic carbocycles. The van der Waals surface area contributed by atoms with E-state index in [-0.39, 0.29) is 5.41 Å². The van der Waals surface area contributed by atoms with Gasteiger partial charge in [0.25, 0.3) is 0 Å². The van der Waals surface area contributed by atoms with Crippen LogP contribution in [-0.4, -0.2) is 0 Å². The van der Waals surface area contributed by atoms with Gasteiger partial charge in [0, 0.05) is 5.41 Å². The van der Waals surface area contributed by atoms with E-state index in [1.165, 1.54) is 33.0 Å². The first kappa shape index (κ1) is 10.8. The van der Waals surface area contributed by atoms with Gasteiger partial charge < -0.3 is 0 Å². The van der Waals surface area contributed by atoms with Crippen molar-refractivity contribution in [3.05, 3.63) is 71.8 Å². The Bertz CT molecular complexity index is 789. The van der Waals surface area contributed by atoms with Crippen LogP contribution in [-0.2, 0) is 5.41 Å². The van der Waals surface area contributed by atoms with E-state index in [0.29, 0.717) is 0 Å². The molecular weight excluding hydrogens is 228 g/mol. The summed E-state index contributed by atoms with van der Waals surface area (Å²) in [5, 5.41) is 2.59. The third-order valence-corrected chi connectivity index (χ3v) is 4.39. The Morgan fingerprint density at radius 3 is 2.47 bits per heavy atom. The van der Waals surface area contributed by atoms with Gasteiger partial charge in [-0.05, 0) is 39.1 Å². The van der Waals surface area contributed by atoms with Gasteiger partial charge in [-0.2, -0.15) is 0 Å². The van der Waals surface area contributed by atoms with Crippen LogP contribution in [0.2, 0.25) is 0 Å². The van der Waals surface area contributed by atoms with E-state index in [2.05, 4.69) is 68.4 Å². The van der Waals surface area contributed by atoms with E-state index in [4.69, 9.17) is 0 Å². The predicted octanol–water partition coefficient (Wildman–Crippen LogP) is 4.95. The largest absolute Gasteiger partial charge is 0.0619 e. The third kappa shape index (κ3) is 1.29. The smallest absolute Gasteiger partial charge is 0.0159 e. The van der Waals surface area contributed by atoms with Crippen LogP contribution in [0.5, 0.6) is 0 Å². The van der Waals surface area contributed by atoms with Crippen LogP contribution in [0.1, 0.15) is 25.0 Å². The van der Waals surface area contributed by atoms with Gasteiger partial charge >= 0.3 is 0 Å². The molecule has 1 aliphatic rings. The summed E-state index contributed by atoms with van der Waals surface area (Å²) >= 11 is 0. The summed E-state index contributed by atoms with van der Waals surface area (Å²) in [6.07, 6.45) is 0. The zero-order chi connectivity index (χ0) is 13.0. The Morgan fingerprint density at radius 1 is 0.789 bits per heavy atom. The minimum atomic E-state index is 0.0539. The average Bonchev–Trinajstić information content (AvgIpc) is 2.45. The molecule has 0 heteroatoms. The lowest BCUT2D eigenvalue weighted by molar-refractivity contribution is 0.645. The lowest BCUT2D eigenvalue weighted by Crippen LogP contribution is -2.23. The van der Waals surface area contributed by atoms with Gasteiger partial charge in [-0.25, -0.2) is 0 Å². The fourth-order valence-corrected chi connectivity index (χ4v) is 3.41. The summed E-state index contributed by atoms with van der Waals surface area (Å²) in [6.45, 7) is 4.63. The van der Waals surface area contributed by atoms with Gasteiger partial charge in [-0.15, -0.1) is 0 Å². The van der Waals surface area contributed by atoms with Gasteiger partial charge in [0.15, 0.2) is 0 Å². The fourth-order valence-electron chi connectivity index (χ4n) is 3.41. The molecule has 0 aliphatic heterocycles. The highest BCUT2D eigenvalue weighted by Crippen LogP contribution is 2.47. The standard InChI is InChI=1S/C19H15/c1-19(2)16-11-4-3-9-14(16)15-10-5-7-13-8-6-12-17(19)18(13)15/h3-6,8-12H,1-2H3. The monoisotopic (exact) mass is 243 g/mol. The molecule has 0 amide bonds.